The number of fused-ring (bicyclic) bond motifs is 13. The Morgan fingerprint density at radius 3 is 1.41 bits per heavy atom. The van der Waals surface area contributed by atoms with Crippen LogP contribution < -0.4 is 4.90 Å². The molecule has 12 rings (SSSR count). The molecule has 0 atom stereocenters. The molecule has 0 radical (unpaired) electrons. The maximum Gasteiger partial charge on any atom is 0.0746 e. The Hall–Kier alpha value is -7.22. The molecule has 9 aromatic carbocycles. The average Bonchev–Trinajstić information content (AvgIpc) is 3.86. The second-order valence-corrected chi connectivity index (χ2v) is 16.8. The fraction of sp³-hybridized carbons (Fsp3) is 0.0690. The average molecular weight is 752 g/mol. The third-order valence-electron chi connectivity index (χ3n) is 13.5. The van der Waals surface area contributed by atoms with Gasteiger partial charge in [0, 0.05) is 22.2 Å². The third kappa shape index (κ3) is 4.62. The number of benzene rings is 9. The lowest BCUT2D eigenvalue weighted by molar-refractivity contribution is 0.660. The zero-order valence-electron chi connectivity index (χ0n) is 33.2. The van der Waals surface area contributed by atoms with Crippen molar-refractivity contribution in [3.8, 4) is 55.6 Å². The lowest BCUT2D eigenvalue weighted by atomic mass is 9.70. The molecular weight excluding hydrogens is 711 g/mol. The van der Waals surface area contributed by atoms with Gasteiger partial charge < -0.3 is 4.90 Å². The van der Waals surface area contributed by atoms with Crippen LogP contribution in [0.2, 0.25) is 0 Å². The summed E-state index contributed by atoms with van der Waals surface area (Å²) in [4.78, 5) is 2.56. The third-order valence-corrected chi connectivity index (χ3v) is 13.5. The van der Waals surface area contributed by atoms with Gasteiger partial charge in [-0.25, -0.2) is 0 Å². The van der Waals surface area contributed by atoms with Crippen LogP contribution in [0.25, 0.3) is 55.6 Å². The molecule has 1 heteroatoms. The number of para-hydroxylation sites is 1. The number of hydrogen-bond acceptors (Lipinski definition) is 1. The van der Waals surface area contributed by atoms with Crippen LogP contribution in [0, 0.1) is 0 Å². The van der Waals surface area contributed by atoms with Crippen molar-refractivity contribution in [3.05, 3.63) is 246 Å². The summed E-state index contributed by atoms with van der Waals surface area (Å²) in [5.74, 6) is 0. The van der Waals surface area contributed by atoms with Crippen LogP contribution in [-0.2, 0) is 10.8 Å². The summed E-state index contributed by atoms with van der Waals surface area (Å²) in [5, 5.41) is 0. The SMILES string of the molecule is CC1(C)c2ccccc2-c2c(-c3ccccc3N(c3ccc(-c4ccccc4)cc3)c3cccc4c3C3(c5ccccc5-c5ccccc53)c3ccccc3-4)cccc21. The number of hydrogen-bond donors (Lipinski definition) is 0. The standard InChI is InChI=1S/C58H41N/c1-57(2)48-27-11-9-24-47(48)55-45(25-16-31-52(55)57)44-23-10-15-32-53(44)59(40-36-34-39(35-37-40)38-18-4-3-5-19-38)54-33-17-26-46-43-22-8-14-30-51(43)58(56(46)54)49-28-12-6-20-41(49)42-21-7-13-29-50(42)58/h3-37H,1-2H3. The van der Waals surface area contributed by atoms with Crippen molar-refractivity contribution >= 4 is 17.1 Å². The highest BCUT2D eigenvalue weighted by Crippen LogP contribution is 2.65. The van der Waals surface area contributed by atoms with E-state index < -0.39 is 5.41 Å². The van der Waals surface area contributed by atoms with E-state index in [4.69, 9.17) is 0 Å². The summed E-state index contributed by atoms with van der Waals surface area (Å²) in [6.45, 7) is 4.74. The number of nitrogens with zero attached hydrogens (tertiary/aromatic N) is 1. The van der Waals surface area contributed by atoms with E-state index in [9.17, 15) is 0 Å². The van der Waals surface area contributed by atoms with E-state index in [2.05, 4.69) is 231 Å². The minimum absolute atomic E-state index is 0.106. The van der Waals surface area contributed by atoms with Gasteiger partial charge in [0.25, 0.3) is 0 Å². The van der Waals surface area contributed by atoms with Crippen molar-refractivity contribution in [3.63, 3.8) is 0 Å². The molecule has 0 aromatic heterocycles. The molecule has 9 aromatic rings. The van der Waals surface area contributed by atoms with Crippen LogP contribution in [0.15, 0.2) is 212 Å². The second kappa shape index (κ2) is 12.6. The molecule has 1 spiro atoms. The predicted molar refractivity (Wildman–Crippen MR) is 246 cm³/mol. The van der Waals surface area contributed by atoms with E-state index in [1.165, 1.54) is 94.7 Å². The fourth-order valence-electron chi connectivity index (χ4n) is 11.0. The first kappa shape index (κ1) is 33.9. The van der Waals surface area contributed by atoms with E-state index in [0.717, 1.165) is 11.4 Å². The van der Waals surface area contributed by atoms with Gasteiger partial charge in [0.15, 0.2) is 0 Å². The highest BCUT2D eigenvalue weighted by molar-refractivity contribution is 6.02. The van der Waals surface area contributed by atoms with Gasteiger partial charge in [-0.05, 0) is 102 Å². The first-order valence-electron chi connectivity index (χ1n) is 20.8. The lowest BCUT2D eigenvalue weighted by Gasteiger charge is -2.36. The molecule has 0 saturated heterocycles. The Morgan fingerprint density at radius 2 is 0.746 bits per heavy atom. The lowest BCUT2D eigenvalue weighted by Crippen LogP contribution is -2.28. The Kier molecular flexibility index (Phi) is 7.26. The van der Waals surface area contributed by atoms with Crippen molar-refractivity contribution in [2.24, 2.45) is 0 Å². The molecule has 0 fully saturated rings. The van der Waals surface area contributed by atoms with Gasteiger partial charge in [-0.2, -0.15) is 0 Å². The minimum atomic E-state index is -0.510. The van der Waals surface area contributed by atoms with Gasteiger partial charge in [0.2, 0.25) is 0 Å². The van der Waals surface area contributed by atoms with Gasteiger partial charge in [-0.15, -0.1) is 0 Å². The van der Waals surface area contributed by atoms with E-state index in [-0.39, 0.29) is 5.41 Å². The largest absolute Gasteiger partial charge is 0.310 e. The van der Waals surface area contributed by atoms with Gasteiger partial charge in [-0.1, -0.05) is 202 Å². The maximum absolute atomic E-state index is 2.56. The Morgan fingerprint density at radius 1 is 0.305 bits per heavy atom. The zero-order chi connectivity index (χ0) is 39.3. The molecule has 3 aliphatic carbocycles. The Balaban J connectivity index is 1.17. The van der Waals surface area contributed by atoms with Crippen LogP contribution >= 0.6 is 0 Å². The molecule has 0 heterocycles. The highest BCUT2D eigenvalue weighted by atomic mass is 15.1. The molecule has 59 heavy (non-hydrogen) atoms. The van der Waals surface area contributed by atoms with Crippen LogP contribution in [-0.4, -0.2) is 0 Å². The molecule has 0 amide bonds. The predicted octanol–water partition coefficient (Wildman–Crippen LogP) is 15.1. The van der Waals surface area contributed by atoms with Crippen LogP contribution in [0.5, 0.6) is 0 Å². The monoisotopic (exact) mass is 751 g/mol. The molecule has 0 bridgehead atoms. The highest BCUT2D eigenvalue weighted by Gasteiger charge is 2.53. The van der Waals surface area contributed by atoms with Gasteiger partial charge >= 0.3 is 0 Å². The van der Waals surface area contributed by atoms with Crippen LogP contribution in [0.4, 0.5) is 17.1 Å². The van der Waals surface area contributed by atoms with Crippen molar-refractivity contribution < 1.29 is 0 Å². The molecule has 0 N–H and O–H groups in total. The summed E-state index contributed by atoms with van der Waals surface area (Å²) >= 11 is 0. The fourth-order valence-corrected chi connectivity index (χ4v) is 11.0. The Labute approximate surface area is 346 Å². The van der Waals surface area contributed by atoms with Crippen molar-refractivity contribution in [2.75, 3.05) is 4.90 Å². The molecule has 0 aliphatic heterocycles. The topological polar surface area (TPSA) is 3.24 Å². The summed E-state index contributed by atoms with van der Waals surface area (Å²) in [7, 11) is 0. The number of anilines is 3. The summed E-state index contributed by atoms with van der Waals surface area (Å²) in [6, 6.07) is 79.2. The van der Waals surface area contributed by atoms with Gasteiger partial charge in [0.05, 0.1) is 16.8 Å². The van der Waals surface area contributed by atoms with E-state index in [1.807, 2.05) is 0 Å². The van der Waals surface area contributed by atoms with Gasteiger partial charge in [0.1, 0.15) is 0 Å². The zero-order valence-corrected chi connectivity index (χ0v) is 33.2. The van der Waals surface area contributed by atoms with Crippen LogP contribution in [0.3, 0.4) is 0 Å². The summed E-state index contributed by atoms with van der Waals surface area (Å²) in [6.07, 6.45) is 0. The first-order chi connectivity index (χ1) is 29.1. The minimum Gasteiger partial charge on any atom is -0.310 e. The first-order valence-corrected chi connectivity index (χ1v) is 20.8. The maximum atomic E-state index is 2.56. The molecule has 278 valence electrons. The van der Waals surface area contributed by atoms with Crippen molar-refractivity contribution in [2.45, 2.75) is 24.7 Å². The summed E-state index contributed by atoms with van der Waals surface area (Å²) < 4.78 is 0. The smallest absolute Gasteiger partial charge is 0.0746 e. The van der Waals surface area contributed by atoms with Crippen LogP contribution in [0.1, 0.15) is 47.2 Å². The van der Waals surface area contributed by atoms with E-state index >= 15 is 0 Å². The van der Waals surface area contributed by atoms with E-state index in [1.54, 1.807) is 0 Å². The molecular formula is C58H41N. The number of rotatable bonds is 5. The molecule has 1 nitrogen and oxygen atoms in total. The van der Waals surface area contributed by atoms with E-state index in [0.29, 0.717) is 0 Å². The molecule has 0 unspecified atom stereocenters. The molecule has 3 aliphatic rings. The normalized spacial score (nSPS) is 14.2. The quantitative estimate of drug-likeness (QED) is 0.169. The second-order valence-electron chi connectivity index (χ2n) is 16.8. The molecule has 0 saturated carbocycles. The Bertz CT molecular complexity index is 3070. The van der Waals surface area contributed by atoms with Crippen molar-refractivity contribution in [1.29, 1.82) is 0 Å². The summed E-state index contributed by atoms with van der Waals surface area (Å²) in [5.41, 5.74) is 23.6. The van der Waals surface area contributed by atoms with Gasteiger partial charge in [-0.3, -0.25) is 0 Å². The van der Waals surface area contributed by atoms with Crippen molar-refractivity contribution in [1.82, 2.24) is 0 Å².